The smallest absolute Gasteiger partial charge is 0.224 e. The molecule has 6 heteroatoms. The molecule has 2 aromatic rings. The van der Waals surface area contributed by atoms with Crippen LogP contribution in [0.4, 0.5) is 5.69 Å². The first-order chi connectivity index (χ1) is 9.45. The summed E-state index contributed by atoms with van der Waals surface area (Å²) in [6.07, 6.45) is 2.28. The van der Waals surface area contributed by atoms with Crippen molar-refractivity contribution in [2.45, 2.75) is 17.7 Å². The van der Waals surface area contributed by atoms with Gasteiger partial charge in [-0.2, -0.15) is 0 Å². The summed E-state index contributed by atoms with van der Waals surface area (Å²) in [5.74, 6) is -0.0782. The number of thiophene rings is 1. The highest BCUT2D eigenvalue weighted by atomic mass is 32.2. The molecule has 1 amide bonds. The van der Waals surface area contributed by atoms with E-state index >= 15 is 0 Å². The van der Waals surface area contributed by atoms with Gasteiger partial charge >= 0.3 is 0 Å². The van der Waals surface area contributed by atoms with Crippen LogP contribution < -0.4 is 5.32 Å². The van der Waals surface area contributed by atoms with E-state index in [0.29, 0.717) is 18.5 Å². The summed E-state index contributed by atoms with van der Waals surface area (Å²) >= 11 is 1.63. The zero-order valence-electron chi connectivity index (χ0n) is 11.0. The molecule has 0 fully saturated rings. The van der Waals surface area contributed by atoms with Crippen molar-refractivity contribution in [1.82, 2.24) is 0 Å². The number of hydrogen-bond acceptors (Lipinski definition) is 4. The Morgan fingerprint density at radius 3 is 2.45 bits per heavy atom. The number of carbonyl (C=O) groups is 1. The second kappa shape index (κ2) is 6.19. The van der Waals surface area contributed by atoms with Gasteiger partial charge in [0.1, 0.15) is 0 Å². The molecule has 106 valence electrons. The fourth-order valence-corrected chi connectivity index (χ4v) is 3.04. The molecule has 0 saturated heterocycles. The monoisotopic (exact) mass is 309 g/mol. The Balaban J connectivity index is 1.91. The normalized spacial score (nSPS) is 11.2. The fourth-order valence-electron chi connectivity index (χ4n) is 1.70. The van der Waals surface area contributed by atoms with E-state index in [1.165, 1.54) is 17.0 Å². The maximum Gasteiger partial charge on any atom is 0.224 e. The minimum absolute atomic E-state index is 0.0782. The molecule has 0 aliphatic carbocycles. The lowest BCUT2D eigenvalue weighted by atomic mass is 10.2. The predicted octanol–water partition coefficient (Wildman–Crippen LogP) is 2.72. The van der Waals surface area contributed by atoms with E-state index in [-0.39, 0.29) is 10.8 Å². The first-order valence-electron chi connectivity index (χ1n) is 6.07. The van der Waals surface area contributed by atoms with Gasteiger partial charge in [-0.15, -0.1) is 11.3 Å². The third-order valence-electron chi connectivity index (χ3n) is 2.74. The van der Waals surface area contributed by atoms with Gasteiger partial charge in [0.25, 0.3) is 0 Å². The molecule has 20 heavy (non-hydrogen) atoms. The van der Waals surface area contributed by atoms with E-state index in [9.17, 15) is 13.2 Å². The summed E-state index contributed by atoms with van der Waals surface area (Å²) < 4.78 is 22.6. The van der Waals surface area contributed by atoms with Crippen molar-refractivity contribution in [2.24, 2.45) is 0 Å². The number of nitrogens with one attached hydrogen (secondary N) is 1. The summed E-state index contributed by atoms with van der Waals surface area (Å²) in [7, 11) is -3.20. The number of anilines is 1. The highest BCUT2D eigenvalue weighted by molar-refractivity contribution is 7.90. The minimum Gasteiger partial charge on any atom is -0.326 e. The first-order valence-corrected chi connectivity index (χ1v) is 8.84. The lowest BCUT2D eigenvalue weighted by Crippen LogP contribution is -2.12. The van der Waals surface area contributed by atoms with Crippen LogP contribution in [0.3, 0.4) is 0 Å². The van der Waals surface area contributed by atoms with Crippen LogP contribution in [0.5, 0.6) is 0 Å². The Morgan fingerprint density at radius 2 is 1.90 bits per heavy atom. The average Bonchev–Trinajstić information content (AvgIpc) is 2.89. The van der Waals surface area contributed by atoms with Crippen LogP contribution >= 0.6 is 11.3 Å². The first kappa shape index (κ1) is 14.7. The topological polar surface area (TPSA) is 63.2 Å². The van der Waals surface area contributed by atoms with Gasteiger partial charge in [-0.1, -0.05) is 6.07 Å². The van der Waals surface area contributed by atoms with Crippen molar-refractivity contribution < 1.29 is 13.2 Å². The molecule has 0 saturated carbocycles. The maximum absolute atomic E-state index is 11.8. The van der Waals surface area contributed by atoms with Crippen LogP contribution in [-0.2, 0) is 21.1 Å². The molecule has 0 spiro atoms. The van der Waals surface area contributed by atoms with Crippen LogP contribution in [0.25, 0.3) is 0 Å². The molecule has 1 aromatic heterocycles. The van der Waals surface area contributed by atoms with E-state index < -0.39 is 9.84 Å². The van der Waals surface area contributed by atoms with Crippen LogP contribution in [0.2, 0.25) is 0 Å². The second-order valence-corrected chi connectivity index (χ2v) is 7.47. The number of amides is 1. The molecular formula is C14H15NO3S2. The third-order valence-corrected chi connectivity index (χ3v) is 4.81. The number of sulfone groups is 1. The van der Waals surface area contributed by atoms with E-state index in [4.69, 9.17) is 0 Å². The van der Waals surface area contributed by atoms with Crippen molar-refractivity contribution in [3.8, 4) is 0 Å². The Labute approximate surface area is 122 Å². The molecule has 0 aliphatic rings. The summed E-state index contributed by atoms with van der Waals surface area (Å²) in [5.41, 5.74) is 0.605. The van der Waals surface area contributed by atoms with Crippen LogP contribution in [-0.4, -0.2) is 20.6 Å². The Bertz CT molecular complexity index is 674. The Kier molecular flexibility index (Phi) is 4.57. The molecule has 4 nitrogen and oxygen atoms in total. The van der Waals surface area contributed by atoms with Crippen molar-refractivity contribution in [2.75, 3.05) is 11.6 Å². The van der Waals surface area contributed by atoms with Crippen molar-refractivity contribution in [3.05, 3.63) is 46.7 Å². The Morgan fingerprint density at radius 1 is 1.20 bits per heavy atom. The third kappa shape index (κ3) is 4.18. The zero-order chi connectivity index (χ0) is 14.6. The van der Waals surface area contributed by atoms with Gasteiger partial charge in [0, 0.05) is 23.2 Å². The van der Waals surface area contributed by atoms with Crippen LogP contribution in [0.1, 0.15) is 11.3 Å². The van der Waals surface area contributed by atoms with E-state index in [1.54, 1.807) is 23.5 Å². The van der Waals surface area contributed by atoms with E-state index in [0.717, 1.165) is 6.26 Å². The molecule has 0 radical (unpaired) electrons. The van der Waals surface area contributed by atoms with Gasteiger partial charge in [-0.05, 0) is 42.1 Å². The number of benzene rings is 1. The van der Waals surface area contributed by atoms with Crippen LogP contribution in [0, 0.1) is 0 Å². The van der Waals surface area contributed by atoms with Gasteiger partial charge in [0.05, 0.1) is 4.90 Å². The standard InChI is InChI=1S/C14H15NO3S2/c1-20(17,18)13-7-4-11(5-8-13)15-14(16)9-6-12-3-2-10-19-12/h2-5,7-8,10H,6,9H2,1H3,(H,15,16). The maximum atomic E-state index is 11.8. The molecule has 2 rings (SSSR count). The van der Waals surface area contributed by atoms with Gasteiger partial charge in [-0.25, -0.2) is 8.42 Å². The lowest BCUT2D eigenvalue weighted by molar-refractivity contribution is -0.116. The van der Waals surface area contributed by atoms with E-state index in [1.807, 2.05) is 17.5 Å². The highest BCUT2D eigenvalue weighted by Gasteiger charge is 2.07. The summed E-state index contributed by atoms with van der Waals surface area (Å²) in [6, 6.07) is 10.1. The molecule has 1 N–H and O–H groups in total. The molecule has 0 bridgehead atoms. The van der Waals surface area contributed by atoms with Gasteiger partial charge in [-0.3, -0.25) is 4.79 Å². The van der Waals surface area contributed by atoms with E-state index in [2.05, 4.69) is 5.32 Å². The SMILES string of the molecule is CS(=O)(=O)c1ccc(NC(=O)CCc2cccs2)cc1. The molecule has 0 unspecified atom stereocenters. The zero-order valence-corrected chi connectivity index (χ0v) is 12.6. The van der Waals surface area contributed by atoms with Gasteiger partial charge in [0.15, 0.2) is 9.84 Å². The molecular weight excluding hydrogens is 294 g/mol. The molecule has 1 heterocycles. The summed E-state index contributed by atoms with van der Waals surface area (Å²) in [4.78, 5) is 13.2. The van der Waals surface area contributed by atoms with Crippen molar-refractivity contribution in [3.63, 3.8) is 0 Å². The minimum atomic E-state index is -3.20. The number of aryl methyl sites for hydroxylation is 1. The quantitative estimate of drug-likeness (QED) is 0.923. The average molecular weight is 309 g/mol. The summed E-state index contributed by atoms with van der Waals surface area (Å²) in [5, 5.41) is 4.74. The molecule has 0 atom stereocenters. The largest absolute Gasteiger partial charge is 0.326 e. The van der Waals surface area contributed by atoms with Crippen molar-refractivity contribution in [1.29, 1.82) is 0 Å². The van der Waals surface area contributed by atoms with Gasteiger partial charge < -0.3 is 5.32 Å². The van der Waals surface area contributed by atoms with Crippen molar-refractivity contribution >= 4 is 32.8 Å². The number of carbonyl (C=O) groups excluding carboxylic acids is 1. The molecule has 0 aliphatic heterocycles. The highest BCUT2D eigenvalue weighted by Crippen LogP contribution is 2.15. The number of rotatable bonds is 5. The van der Waals surface area contributed by atoms with Gasteiger partial charge in [0.2, 0.25) is 5.91 Å². The second-order valence-electron chi connectivity index (χ2n) is 4.42. The predicted molar refractivity (Wildman–Crippen MR) is 80.8 cm³/mol. The molecule has 1 aromatic carbocycles. The van der Waals surface area contributed by atoms with Crippen LogP contribution in [0.15, 0.2) is 46.7 Å². The number of hydrogen-bond donors (Lipinski definition) is 1. The Hall–Kier alpha value is -1.66. The summed E-state index contributed by atoms with van der Waals surface area (Å²) in [6.45, 7) is 0. The fraction of sp³-hybridized carbons (Fsp3) is 0.214. The lowest BCUT2D eigenvalue weighted by Gasteiger charge is -2.05.